The molecule has 0 aromatic heterocycles. The number of hydrogen-bond donors (Lipinski definition) is 0. The van der Waals surface area contributed by atoms with Crippen LogP contribution < -0.4 is 0 Å². The summed E-state index contributed by atoms with van der Waals surface area (Å²) in [4.78, 5) is 15.9. The average Bonchev–Trinajstić information content (AvgIpc) is 2.13. The van der Waals surface area contributed by atoms with Gasteiger partial charge in [-0.25, -0.2) is 0 Å². The van der Waals surface area contributed by atoms with Crippen LogP contribution in [0.25, 0.3) is 10.4 Å². The van der Waals surface area contributed by atoms with Crippen LogP contribution in [0.1, 0.15) is 19.8 Å². The van der Waals surface area contributed by atoms with Crippen LogP contribution in [-0.4, -0.2) is 30.4 Å². The molecule has 1 unspecified atom stereocenters. The Morgan fingerprint density at radius 1 is 1.77 bits per heavy atom. The van der Waals surface area contributed by atoms with E-state index in [1.807, 2.05) is 6.92 Å². The Labute approximate surface area is 77.3 Å². The van der Waals surface area contributed by atoms with Crippen LogP contribution in [0.15, 0.2) is 5.11 Å². The maximum Gasteiger partial charge on any atom is 0.225 e. The summed E-state index contributed by atoms with van der Waals surface area (Å²) in [5, 5.41) is 3.41. The quantitative estimate of drug-likeness (QED) is 0.371. The van der Waals surface area contributed by atoms with Gasteiger partial charge in [-0.2, -0.15) is 0 Å². The average molecular weight is 182 g/mol. The molecule has 13 heavy (non-hydrogen) atoms. The van der Waals surface area contributed by atoms with Gasteiger partial charge in [-0.1, -0.05) is 12.0 Å². The molecule has 0 radical (unpaired) electrons. The first kappa shape index (κ1) is 9.86. The molecule has 1 aliphatic heterocycles. The van der Waals surface area contributed by atoms with Gasteiger partial charge in [0.2, 0.25) is 5.91 Å². The molecule has 0 saturated carbocycles. The number of likely N-dealkylation sites (tertiary alicyclic amines) is 1. The van der Waals surface area contributed by atoms with E-state index in [4.69, 9.17) is 5.53 Å². The lowest BCUT2D eigenvalue weighted by molar-refractivity contribution is -0.137. The summed E-state index contributed by atoms with van der Waals surface area (Å²) in [7, 11) is 0. The molecule has 1 aliphatic rings. The maximum absolute atomic E-state index is 11.5. The number of hydrogen-bond acceptors (Lipinski definition) is 2. The third-order valence-electron chi connectivity index (χ3n) is 2.33. The Balaban J connectivity index is 2.39. The van der Waals surface area contributed by atoms with Crippen LogP contribution in [0.4, 0.5) is 0 Å². The Bertz CT molecular complexity index is 234. The van der Waals surface area contributed by atoms with Crippen LogP contribution in [0.3, 0.4) is 0 Å². The van der Waals surface area contributed by atoms with Crippen molar-refractivity contribution in [3.05, 3.63) is 10.4 Å². The van der Waals surface area contributed by atoms with E-state index in [0.717, 1.165) is 19.4 Å². The Kier molecular flexibility index (Phi) is 3.58. The second-order valence-electron chi connectivity index (χ2n) is 3.32. The van der Waals surface area contributed by atoms with Gasteiger partial charge in [-0.15, -0.1) is 0 Å². The third kappa shape index (κ3) is 2.63. The SMILES string of the molecule is CC1CCCN(CCN=[N+]=[N-])C1=O. The summed E-state index contributed by atoms with van der Waals surface area (Å²) in [6.45, 7) is 3.70. The van der Waals surface area contributed by atoms with E-state index >= 15 is 0 Å². The van der Waals surface area contributed by atoms with Crippen molar-refractivity contribution < 1.29 is 4.79 Å². The lowest BCUT2D eigenvalue weighted by Crippen LogP contribution is -2.41. The van der Waals surface area contributed by atoms with Gasteiger partial charge >= 0.3 is 0 Å². The first-order chi connectivity index (χ1) is 6.25. The standard InChI is InChI=1S/C8H14N4O/c1-7-3-2-5-12(8(7)13)6-4-10-11-9/h7H,2-6H2,1H3. The predicted octanol–water partition coefficient (Wildman–Crippen LogP) is 1.56. The van der Waals surface area contributed by atoms with E-state index in [-0.39, 0.29) is 11.8 Å². The fraction of sp³-hybridized carbons (Fsp3) is 0.875. The van der Waals surface area contributed by atoms with Gasteiger partial charge in [-0.05, 0) is 18.4 Å². The van der Waals surface area contributed by atoms with Crippen LogP contribution in [0.5, 0.6) is 0 Å². The highest BCUT2D eigenvalue weighted by atomic mass is 16.2. The minimum absolute atomic E-state index is 0.139. The van der Waals surface area contributed by atoms with Gasteiger partial charge in [-0.3, -0.25) is 4.79 Å². The number of carbonyl (C=O) groups excluding carboxylic acids is 1. The molecule has 0 N–H and O–H groups in total. The van der Waals surface area contributed by atoms with Crippen molar-refractivity contribution in [1.29, 1.82) is 0 Å². The Morgan fingerprint density at radius 3 is 3.23 bits per heavy atom. The number of rotatable bonds is 3. The molecule has 72 valence electrons. The second-order valence-corrected chi connectivity index (χ2v) is 3.32. The smallest absolute Gasteiger partial charge is 0.225 e. The zero-order chi connectivity index (χ0) is 9.68. The van der Waals surface area contributed by atoms with Crippen molar-refractivity contribution in [2.45, 2.75) is 19.8 Å². The van der Waals surface area contributed by atoms with Crippen LogP contribution in [0, 0.1) is 5.92 Å². The highest BCUT2D eigenvalue weighted by Gasteiger charge is 2.23. The van der Waals surface area contributed by atoms with Gasteiger partial charge in [0.05, 0.1) is 0 Å². The van der Waals surface area contributed by atoms with Crippen molar-refractivity contribution in [2.75, 3.05) is 19.6 Å². The maximum atomic E-state index is 11.5. The summed E-state index contributed by atoms with van der Waals surface area (Å²) < 4.78 is 0. The molecule has 0 aromatic carbocycles. The van der Waals surface area contributed by atoms with Gasteiger partial charge < -0.3 is 4.90 Å². The summed E-state index contributed by atoms with van der Waals surface area (Å²) in [5.74, 6) is 0.333. The molecule has 1 saturated heterocycles. The van der Waals surface area contributed by atoms with E-state index in [2.05, 4.69) is 10.0 Å². The van der Waals surface area contributed by atoms with Crippen molar-refractivity contribution in [3.8, 4) is 0 Å². The van der Waals surface area contributed by atoms with E-state index in [1.165, 1.54) is 0 Å². The Hall–Kier alpha value is -1.22. The summed E-state index contributed by atoms with van der Waals surface area (Å²) in [5.41, 5.74) is 8.07. The monoisotopic (exact) mass is 182 g/mol. The molecule has 0 aromatic rings. The summed E-state index contributed by atoms with van der Waals surface area (Å²) in [6, 6.07) is 0. The third-order valence-corrected chi connectivity index (χ3v) is 2.33. The van der Waals surface area contributed by atoms with Crippen LogP contribution >= 0.6 is 0 Å². The Morgan fingerprint density at radius 2 is 2.54 bits per heavy atom. The minimum atomic E-state index is 0.139. The zero-order valence-corrected chi connectivity index (χ0v) is 7.81. The molecule has 0 bridgehead atoms. The fourth-order valence-electron chi connectivity index (χ4n) is 1.57. The lowest BCUT2D eigenvalue weighted by atomic mass is 9.99. The van der Waals surface area contributed by atoms with Crippen molar-refractivity contribution in [1.82, 2.24) is 4.90 Å². The van der Waals surface area contributed by atoms with Gasteiger partial charge in [0.25, 0.3) is 0 Å². The summed E-state index contributed by atoms with van der Waals surface area (Å²) in [6.07, 6.45) is 2.04. The molecular formula is C8H14N4O. The van der Waals surface area contributed by atoms with Gasteiger partial charge in [0.15, 0.2) is 0 Å². The topological polar surface area (TPSA) is 69.1 Å². The molecule has 0 aliphatic carbocycles. The fourth-order valence-corrected chi connectivity index (χ4v) is 1.57. The second kappa shape index (κ2) is 4.72. The molecular weight excluding hydrogens is 168 g/mol. The number of nitrogens with zero attached hydrogens (tertiary/aromatic N) is 4. The van der Waals surface area contributed by atoms with Gasteiger partial charge in [0, 0.05) is 30.5 Å². The molecule has 5 heteroatoms. The zero-order valence-electron chi connectivity index (χ0n) is 7.81. The van der Waals surface area contributed by atoms with E-state index in [1.54, 1.807) is 4.90 Å². The highest BCUT2D eigenvalue weighted by Crippen LogP contribution is 2.16. The summed E-state index contributed by atoms with van der Waals surface area (Å²) >= 11 is 0. The van der Waals surface area contributed by atoms with Crippen molar-refractivity contribution in [3.63, 3.8) is 0 Å². The van der Waals surface area contributed by atoms with Gasteiger partial charge in [0.1, 0.15) is 0 Å². The minimum Gasteiger partial charge on any atom is -0.342 e. The number of piperidine rings is 1. The van der Waals surface area contributed by atoms with E-state index in [9.17, 15) is 4.79 Å². The first-order valence-electron chi connectivity index (χ1n) is 4.55. The molecule has 0 spiro atoms. The molecule has 1 rings (SSSR count). The van der Waals surface area contributed by atoms with Crippen LogP contribution in [-0.2, 0) is 4.79 Å². The van der Waals surface area contributed by atoms with Crippen molar-refractivity contribution in [2.24, 2.45) is 11.0 Å². The molecule has 1 heterocycles. The highest BCUT2D eigenvalue weighted by molar-refractivity contribution is 5.79. The molecule has 1 atom stereocenters. The lowest BCUT2D eigenvalue weighted by Gasteiger charge is -2.30. The molecule has 1 fully saturated rings. The van der Waals surface area contributed by atoms with Crippen molar-refractivity contribution >= 4 is 5.91 Å². The number of amides is 1. The molecule has 5 nitrogen and oxygen atoms in total. The normalized spacial score (nSPS) is 22.7. The largest absolute Gasteiger partial charge is 0.342 e. The van der Waals surface area contributed by atoms with E-state index in [0.29, 0.717) is 13.1 Å². The molecule has 1 amide bonds. The number of carbonyl (C=O) groups is 1. The van der Waals surface area contributed by atoms with E-state index < -0.39 is 0 Å². The van der Waals surface area contributed by atoms with Crippen LogP contribution in [0.2, 0.25) is 0 Å². The predicted molar refractivity (Wildman–Crippen MR) is 49.0 cm³/mol. The number of azide groups is 1. The first-order valence-corrected chi connectivity index (χ1v) is 4.55.